The summed E-state index contributed by atoms with van der Waals surface area (Å²) in [5.74, 6) is 0. The summed E-state index contributed by atoms with van der Waals surface area (Å²) >= 11 is 5.11. The van der Waals surface area contributed by atoms with Crippen molar-refractivity contribution in [3.8, 4) is 0 Å². The van der Waals surface area contributed by atoms with E-state index in [0.29, 0.717) is 0 Å². The van der Waals surface area contributed by atoms with Gasteiger partial charge < -0.3 is 5.32 Å². The molecule has 0 aliphatic carbocycles. The van der Waals surface area contributed by atoms with Gasteiger partial charge in [-0.15, -0.1) is 11.3 Å². The lowest BCUT2D eigenvalue weighted by Crippen LogP contribution is -2.21. The fourth-order valence-electron chi connectivity index (χ4n) is 1.98. The van der Waals surface area contributed by atoms with Gasteiger partial charge in [0.15, 0.2) is 0 Å². The van der Waals surface area contributed by atoms with Crippen LogP contribution in [0.2, 0.25) is 0 Å². The Balaban J connectivity index is 1.87. The van der Waals surface area contributed by atoms with Crippen LogP contribution in [0.3, 0.4) is 0 Å². The Hall–Kier alpha value is -0.850. The Morgan fingerprint density at radius 2 is 1.81 bits per heavy atom. The zero-order valence-electron chi connectivity index (χ0n) is 11.4. The maximum Gasteiger partial charge on any atom is 0.416 e. The minimum Gasteiger partial charge on any atom is -0.310 e. The summed E-state index contributed by atoms with van der Waals surface area (Å²) in [5, 5.41) is 3.32. The van der Waals surface area contributed by atoms with Crippen molar-refractivity contribution in [3.05, 3.63) is 56.2 Å². The molecule has 1 aromatic heterocycles. The summed E-state index contributed by atoms with van der Waals surface area (Å²) in [5.41, 5.74) is 0.247. The van der Waals surface area contributed by atoms with Gasteiger partial charge in [-0.2, -0.15) is 13.2 Å². The van der Waals surface area contributed by atoms with E-state index in [1.54, 1.807) is 11.3 Å². The molecule has 0 saturated heterocycles. The number of halogens is 4. The third kappa shape index (κ3) is 4.83. The molecule has 2 aromatic rings. The van der Waals surface area contributed by atoms with E-state index in [2.05, 4.69) is 27.3 Å². The fraction of sp³-hybridized carbons (Fsp3) is 0.333. The molecule has 1 nitrogen and oxygen atoms in total. The Morgan fingerprint density at radius 1 is 1.14 bits per heavy atom. The van der Waals surface area contributed by atoms with Gasteiger partial charge in [0.1, 0.15) is 0 Å². The highest BCUT2D eigenvalue weighted by Gasteiger charge is 2.30. The zero-order valence-corrected chi connectivity index (χ0v) is 13.8. The third-order valence-electron chi connectivity index (χ3n) is 3.19. The van der Waals surface area contributed by atoms with Gasteiger partial charge in [-0.1, -0.05) is 12.1 Å². The van der Waals surface area contributed by atoms with Gasteiger partial charge in [-0.3, -0.25) is 0 Å². The average molecular weight is 378 g/mol. The van der Waals surface area contributed by atoms with Crippen molar-refractivity contribution in [2.24, 2.45) is 0 Å². The second-order valence-electron chi connectivity index (χ2n) is 4.75. The first-order chi connectivity index (χ1) is 9.86. The summed E-state index contributed by atoms with van der Waals surface area (Å²) < 4.78 is 38.6. The van der Waals surface area contributed by atoms with E-state index >= 15 is 0 Å². The molecular formula is C15H15BrF3NS. The van der Waals surface area contributed by atoms with Crippen molar-refractivity contribution >= 4 is 27.3 Å². The summed E-state index contributed by atoms with van der Waals surface area (Å²) in [6.07, 6.45) is -3.37. The first-order valence-corrected chi connectivity index (χ1v) is 8.12. The first kappa shape index (κ1) is 16.5. The summed E-state index contributed by atoms with van der Waals surface area (Å²) in [4.78, 5) is 1.27. The second kappa shape index (κ2) is 6.94. The molecular weight excluding hydrogens is 363 g/mol. The molecule has 0 saturated carbocycles. The molecule has 0 fully saturated rings. The first-order valence-electron chi connectivity index (χ1n) is 6.51. The second-order valence-corrected chi connectivity index (χ2v) is 7.30. The molecule has 1 heterocycles. The third-order valence-corrected chi connectivity index (χ3v) is 4.87. The number of rotatable bonds is 5. The topological polar surface area (TPSA) is 12.0 Å². The van der Waals surface area contributed by atoms with E-state index in [1.807, 2.05) is 13.0 Å². The van der Waals surface area contributed by atoms with Crippen molar-refractivity contribution < 1.29 is 13.2 Å². The van der Waals surface area contributed by atoms with E-state index in [-0.39, 0.29) is 6.04 Å². The summed E-state index contributed by atoms with van der Waals surface area (Å²) in [7, 11) is 0. The van der Waals surface area contributed by atoms with Crippen LogP contribution in [0, 0.1) is 0 Å². The van der Waals surface area contributed by atoms with Crippen LogP contribution in [0.1, 0.15) is 29.0 Å². The molecule has 1 unspecified atom stereocenters. The van der Waals surface area contributed by atoms with E-state index in [1.165, 1.54) is 17.0 Å². The quantitative estimate of drug-likeness (QED) is 0.732. The largest absolute Gasteiger partial charge is 0.416 e. The molecule has 21 heavy (non-hydrogen) atoms. The molecule has 0 amide bonds. The highest BCUT2D eigenvalue weighted by molar-refractivity contribution is 9.11. The molecule has 6 heteroatoms. The standard InChI is InChI=1S/C15H15BrF3NS/c1-10(20-9-8-13-6-7-14(16)21-13)11-2-4-12(5-3-11)15(17,18)19/h2-7,10,20H,8-9H2,1H3. The molecule has 0 spiro atoms. The van der Waals surface area contributed by atoms with Gasteiger partial charge in [-0.25, -0.2) is 0 Å². The van der Waals surface area contributed by atoms with Gasteiger partial charge in [0.2, 0.25) is 0 Å². The molecule has 2 rings (SSSR count). The molecule has 1 atom stereocenters. The normalized spacial score (nSPS) is 13.4. The van der Waals surface area contributed by atoms with Crippen molar-refractivity contribution in [2.75, 3.05) is 6.54 Å². The lowest BCUT2D eigenvalue weighted by molar-refractivity contribution is -0.137. The lowest BCUT2D eigenvalue weighted by Gasteiger charge is -2.15. The van der Waals surface area contributed by atoms with E-state index < -0.39 is 11.7 Å². The SMILES string of the molecule is CC(NCCc1ccc(Br)s1)c1ccc(C(F)(F)F)cc1. The van der Waals surface area contributed by atoms with Crippen LogP contribution >= 0.6 is 27.3 Å². The molecule has 1 aromatic carbocycles. The van der Waals surface area contributed by atoms with E-state index in [4.69, 9.17) is 0 Å². The van der Waals surface area contributed by atoms with Crippen LogP contribution in [-0.4, -0.2) is 6.54 Å². The predicted octanol–water partition coefficient (Wildman–Crippen LogP) is 5.42. The van der Waals surface area contributed by atoms with Crippen molar-refractivity contribution in [1.82, 2.24) is 5.32 Å². The van der Waals surface area contributed by atoms with Gasteiger partial charge >= 0.3 is 6.18 Å². The highest BCUT2D eigenvalue weighted by Crippen LogP contribution is 2.30. The molecule has 0 aliphatic heterocycles. The number of hydrogen-bond acceptors (Lipinski definition) is 2. The maximum atomic E-state index is 12.5. The molecule has 0 bridgehead atoms. The predicted molar refractivity (Wildman–Crippen MR) is 83.6 cm³/mol. The molecule has 0 aliphatic rings. The minimum atomic E-state index is -4.28. The monoisotopic (exact) mass is 377 g/mol. The maximum absolute atomic E-state index is 12.5. The van der Waals surface area contributed by atoms with Crippen LogP contribution in [0.4, 0.5) is 13.2 Å². The van der Waals surface area contributed by atoms with Crippen LogP contribution in [0.5, 0.6) is 0 Å². The smallest absolute Gasteiger partial charge is 0.310 e. The number of alkyl halides is 3. The highest BCUT2D eigenvalue weighted by atomic mass is 79.9. The number of thiophene rings is 1. The van der Waals surface area contributed by atoms with Crippen LogP contribution in [-0.2, 0) is 12.6 Å². The average Bonchev–Trinajstić information content (AvgIpc) is 2.83. The van der Waals surface area contributed by atoms with Gasteiger partial charge in [0.05, 0.1) is 9.35 Å². The fourth-order valence-corrected chi connectivity index (χ4v) is 3.46. The summed E-state index contributed by atoms with van der Waals surface area (Å²) in [6, 6.07) is 9.42. The van der Waals surface area contributed by atoms with Crippen LogP contribution < -0.4 is 5.32 Å². The van der Waals surface area contributed by atoms with Crippen LogP contribution in [0.25, 0.3) is 0 Å². The summed E-state index contributed by atoms with van der Waals surface area (Å²) in [6.45, 7) is 2.74. The zero-order chi connectivity index (χ0) is 15.5. The number of nitrogens with one attached hydrogen (secondary N) is 1. The Morgan fingerprint density at radius 3 is 2.33 bits per heavy atom. The van der Waals surface area contributed by atoms with E-state index in [0.717, 1.165) is 34.4 Å². The van der Waals surface area contributed by atoms with E-state index in [9.17, 15) is 13.2 Å². The van der Waals surface area contributed by atoms with Gasteiger partial charge in [0.25, 0.3) is 0 Å². The lowest BCUT2D eigenvalue weighted by atomic mass is 10.1. The van der Waals surface area contributed by atoms with Crippen molar-refractivity contribution in [2.45, 2.75) is 25.6 Å². The number of hydrogen-bond donors (Lipinski definition) is 1. The number of benzene rings is 1. The Kier molecular flexibility index (Phi) is 5.46. The van der Waals surface area contributed by atoms with Crippen molar-refractivity contribution in [3.63, 3.8) is 0 Å². The molecule has 1 N–H and O–H groups in total. The van der Waals surface area contributed by atoms with Crippen molar-refractivity contribution in [1.29, 1.82) is 0 Å². The molecule has 114 valence electrons. The minimum absolute atomic E-state index is 0.0238. The van der Waals surface area contributed by atoms with Gasteiger partial charge in [-0.05, 0) is 59.1 Å². The molecule has 0 radical (unpaired) electrons. The van der Waals surface area contributed by atoms with Gasteiger partial charge in [0, 0.05) is 17.5 Å². The Labute approximate surface area is 134 Å². The Bertz CT molecular complexity index is 577. The van der Waals surface area contributed by atoms with Crippen LogP contribution in [0.15, 0.2) is 40.2 Å².